The monoisotopic (exact) mass is 277 g/mol. The maximum Gasteiger partial charge on any atom is 0.255 e. The van der Waals surface area contributed by atoms with Gasteiger partial charge in [-0.3, -0.25) is 4.79 Å². The van der Waals surface area contributed by atoms with E-state index >= 15 is 0 Å². The summed E-state index contributed by atoms with van der Waals surface area (Å²) in [5, 5.41) is 3.25. The van der Waals surface area contributed by atoms with Gasteiger partial charge in [-0.25, -0.2) is 0 Å². The van der Waals surface area contributed by atoms with Crippen LogP contribution in [0.15, 0.2) is 21.4 Å². The van der Waals surface area contributed by atoms with Gasteiger partial charge in [-0.1, -0.05) is 6.92 Å². The van der Waals surface area contributed by atoms with Gasteiger partial charge in [-0.15, -0.1) is 0 Å². The van der Waals surface area contributed by atoms with Crippen molar-refractivity contribution in [3.05, 3.63) is 22.6 Å². The quantitative estimate of drug-likeness (QED) is 0.920. The van der Waals surface area contributed by atoms with Crippen LogP contribution < -0.4 is 5.32 Å². The van der Waals surface area contributed by atoms with E-state index in [2.05, 4.69) is 28.2 Å². The van der Waals surface area contributed by atoms with Crippen molar-refractivity contribution < 1.29 is 9.21 Å². The highest BCUT2D eigenvalue weighted by atomic mass is 79.9. The molecule has 0 aromatic carbocycles. The van der Waals surface area contributed by atoms with Crippen molar-refractivity contribution in [2.45, 2.75) is 12.2 Å². The zero-order valence-corrected chi connectivity index (χ0v) is 10.4. The molecular formula is C9H12BrNO2S. The standard InChI is InChI=1S/C9H12BrNO2S/c1-6(14-2)5-11-9(12)7-3-4-13-8(7)10/h3-4,6H,5H2,1-2H3,(H,11,12). The molecule has 5 heteroatoms. The summed E-state index contributed by atoms with van der Waals surface area (Å²) in [6.07, 6.45) is 3.50. The zero-order valence-electron chi connectivity index (χ0n) is 8.04. The molecule has 1 rings (SSSR count). The van der Waals surface area contributed by atoms with Gasteiger partial charge in [0.15, 0.2) is 4.67 Å². The Balaban J connectivity index is 2.47. The first-order chi connectivity index (χ1) is 6.65. The smallest absolute Gasteiger partial charge is 0.255 e. The number of rotatable bonds is 4. The van der Waals surface area contributed by atoms with E-state index in [1.807, 2.05) is 6.26 Å². The third-order valence-electron chi connectivity index (χ3n) is 1.82. The Labute approximate surface area is 95.8 Å². The molecule has 14 heavy (non-hydrogen) atoms. The van der Waals surface area contributed by atoms with Crippen LogP contribution in [0.5, 0.6) is 0 Å². The molecular weight excluding hydrogens is 266 g/mol. The molecule has 0 aliphatic carbocycles. The molecule has 0 aliphatic heterocycles. The minimum Gasteiger partial charge on any atom is -0.457 e. The lowest BCUT2D eigenvalue weighted by Gasteiger charge is -2.08. The molecule has 0 saturated carbocycles. The molecule has 1 unspecified atom stereocenters. The molecule has 3 nitrogen and oxygen atoms in total. The number of halogens is 1. The first-order valence-electron chi connectivity index (χ1n) is 4.19. The fourth-order valence-electron chi connectivity index (χ4n) is 0.871. The summed E-state index contributed by atoms with van der Waals surface area (Å²) >= 11 is 4.88. The fourth-order valence-corrected chi connectivity index (χ4v) is 1.54. The Morgan fingerprint density at radius 2 is 2.50 bits per heavy atom. The first kappa shape index (κ1) is 11.7. The van der Waals surface area contributed by atoms with Crippen LogP contribution in [0.2, 0.25) is 0 Å². The summed E-state index contributed by atoms with van der Waals surface area (Å²) in [5.74, 6) is -0.105. The summed E-state index contributed by atoms with van der Waals surface area (Å²) in [7, 11) is 0. The molecule has 0 spiro atoms. The minimum atomic E-state index is -0.105. The normalized spacial score (nSPS) is 12.5. The summed E-state index contributed by atoms with van der Waals surface area (Å²) in [6.45, 7) is 2.73. The van der Waals surface area contributed by atoms with E-state index in [0.717, 1.165) is 0 Å². The van der Waals surface area contributed by atoms with Gasteiger partial charge < -0.3 is 9.73 Å². The number of hydrogen-bond donors (Lipinski definition) is 1. The molecule has 0 radical (unpaired) electrons. The number of thioether (sulfide) groups is 1. The number of nitrogens with one attached hydrogen (secondary N) is 1. The molecule has 0 aliphatic rings. The predicted molar refractivity (Wildman–Crippen MR) is 61.7 cm³/mol. The molecule has 1 aromatic rings. The SMILES string of the molecule is CSC(C)CNC(=O)c1ccoc1Br. The van der Waals surface area contributed by atoms with Crippen molar-refractivity contribution >= 4 is 33.6 Å². The number of carbonyl (C=O) groups excluding carboxylic acids is 1. The highest BCUT2D eigenvalue weighted by molar-refractivity contribution is 9.10. The molecule has 1 atom stereocenters. The molecule has 0 saturated heterocycles. The van der Waals surface area contributed by atoms with Crippen LogP contribution in [0.25, 0.3) is 0 Å². The van der Waals surface area contributed by atoms with Crippen molar-refractivity contribution in [1.82, 2.24) is 5.32 Å². The summed E-state index contributed by atoms with van der Waals surface area (Å²) in [4.78, 5) is 11.5. The Bertz CT molecular complexity index is 314. The van der Waals surface area contributed by atoms with Crippen LogP contribution in [0.3, 0.4) is 0 Å². The van der Waals surface area contributed by atoms with Crippen molar-refractivity contribution in [2.75, 3.05) is 12.8 Å². The summed E-state index contributed by atoms with van der Waals surface area (Å²) in [5.41, 5.74) is 0.540. The van der Waals surface area contributed by atoms with Crippen LogP contribution in [0, 0.1) is 0 Å². The average molecular weight is 278 g/mol. The lowest BCUT2D eigenvalue weighted by Crippen LogP contribution is -2.29. The third kappa shape index (κ3) is 3.06. The van der Waals surface area contributed by atoms with Crippen LogP contribution in [-0.2, 0) is 0 Å². The Hall–Kier alpha value is -0.420. The van der Waals surface area contributed by atoms with Gasteiger partial charge in [0, 0.05) is 11.8 Å². The highest BCUT2D eigenvalue weighted by Gasteiger charge is 2.12. The first-order valence-corrected chi connectivity index (χ1v) is 6.27. The van der Waals surface area contributed by atoms with E-state index < -0.39 is 0 Å². The summed E-state index contributed by atoms with van der Waals surface area (Å²) in [6, 6.07) is 1.64. The number of hydrogen-bond acceptors (Lipinski definition) is 3. The van der Waals surface area contributed by atoms with E-state index in [0.29, 0.717) is 22.0 Å². The second kappa shape index (κ2) is 5.46. The van der Waals surface area contributed by atoms with E-state index in [4.69, 9.17) is 4.42 Å². The van der Waals surface area contributed by atoms with Crippen LogP contribution in [-0.4, -0.2) is 24.0 Å². The second-order valence-electron chi connectivity index (χ2n) is 2.86. The second-order valence-corrected chi connectivity index (χ2v) is 4.86. The highest BCUT2D eigenvalue weighted by Crippen LogP contribution is 2.17. The Kier molecular flexibility index (Phi) is 4.54. The summed E-state index contributed by atoms with van der Waals surface area (Å²) < 4.78 is 5.45. The predicted octanol–water partition coefficient (Wildman–Crippen LogP) is 2.52. The van der Waals surface area contributed by atoms with Gasteiger partial charge in [-0.2, -0.15) is 11.8 Å². The van der Waals surface area contributed by atoms with Crippen molar-refractivity contribution in [2.24, 2.45) is 0 Å². The van der Waals surface area contributed by atoms with Gasteiger partial charge in [0.2, 0.25) is 0 Å². The van der Waals surface area contributed by atoms with Crippen molar-refractivity contribution in [3.8, 4) is 0 Å². The third-order valence-corrected chi connectivity index (χ3v) is 3.40. The molecule has 0 bridgehead atoms. The zero-order chi connectivity index (χ0) is 10.6. The van der Waals surface area contributed by atoms with Gasteiger partial charge in [0.05, 0.1) is 11.8 Å². The molecule has 0 fully saturated rings. The van der Waals surface area contributed by atoms with Crippen molar-refractivity contribution in [1.29, 1.82) is 0 Å². The lowest BCUT2D eigenvalue weighted by molar-refractivity contribution is 0.0952. The molecule has 1 aromatic heterocycles. The van der Waals surface area contributed by atoms with E-state index in [1.165, 1.54) is 6.26 Å². The van der Waals surface area contributed by atoms with E-state index in [9.17, 15) is 4.79 Å². The van der Waals surface area contributed by atoms with Crippen molar-refractivity contribution in [3.63, 3.8) is 0 Å². The average Bonchev–Trinajstić information content (AvgIpc) is 2.60. The number of furan rings is 1. The van der Waals surface area contributed by atoms with Crippen LogP contribution >= 0.6 is 27.7 Å². The van der Waals surface area contributed by atoms with Crippen LogP contribution in [0.1, 0.15) is 17.3 Å². The molecule has 78 valence electrons. The van der Waals surface area contributed by atoms with Gasteiger partial charge in [-0.05, 0) is 28.3 Å². The fraction of sp³-hybridized carbons (Fsp3) is 0.444. The maximum absolute atomic E-state index is 11.5. The van der Waals surface area contributed by atoms with Gasteiger partial charge in [0.1, 0.15) is 0 Å². The Morgan fingerprint density at radius 1 is 1.79 bits per heavy atom. The maximum atomic E-state index is 11.5. The van der Waals surface area contributed by atoms with Gasteiger partial charge >= 0.3 is 0 Å². The largest absolute Gasteiger partial charge is 0.457 e. The van der Waals surface area contributed by atoms with Gasteiger partial charge in [0.25, 0.3) is 5.91 Å². The molecule has 1 N–H and O–H groups in total. The number of amides is 1. The topological polar surface area (TPSA) is 42.2 Å². The lowest BCUT2D eigenvalue weighted by atomic mass is 10.3. The minimum absolute atomic E-state index is 0.105. The number of carbonyl (C=O) groups is 1. The molecule has 1 heterocycles. The Morgan fingerprint density at radius 3 is 3.00 bits per heavy atom. The molecule has 1 amide bonds. The van der Waals surface area contributed by atoms with Crippen LogP contribution in [0.4, 0.5) is 0 Å². The van der Waals surface area contributed by atoms with E-state index in [-0.39, 0.29) is 5.91 Å². The van der Waals surface area contributed by atoms with E-state index in [1.54, 1.807) is 17.8 Å².